The van der Waals surface area contributed by atoms with Crippen LogP contribution in [0.1, 0.15) is 36.7 Å². The maximum absolute atomic E-state index is 12.4. The van der Waals surface area contributed by atoms with Gasteiger partial charge in [0, 0.05) is 31.2 Å². The lowest BCUT2D eigenvalue weighted by Crippen LogP contribution is -2.21. The molecular weight excluding hydrogens is 312 g/mol. The first-order chi connectivity index (χ1) is 11.8. The second-order valence-corrected chi connectivity index (χ2v) is 7.47. The molecule has 0 aliphatic heterocycles. The molecule has 0 unspecified atom stereocenters. The van der Waals surface area contributed by atoms with Crippen molar-refractivity contribution in [2.45, 2.75) is 26.2 Å². The number of nitrogens with one attached hydrogen (secondary N) is 2. The summed E-state index contributed by atoms with van der Waals surface area (Å²) in [6.07, 6.45) is 3.31. The van der Waals surface area contributed by atoms with Crippen molar-refractivity contribution in [2.24, 2.45) is 0 Å². The van der Waals surface area contributed by atoms with E-state index in [2.05, 4.69) is 41.3 Å². The van der Waals surface area contributed by atoms with Crippen molar-refractivity contribution < 1.29 is 4.79 Å². The lowest BCUT2D eigenvalue weighted by atomic mass is 9.87. The maximum Gasteiger partial charge on any atom is 0.257 e. The summed E-state index contributed by atoms with van der Waals surface area (Å²) in [4.78, 5) is 18.7. The molecule has 2 aromatic rings. The van der Waals surface area contributed by atoms with Gasteiger partial charge < -0.3 is 15.5 Å². The SMILES string of the molecule is CN(C)CCNc1cncc(C(=O)Nc2ccc(C(C)(C)C)cc2)c1. The molecule has 0 saturated heterocycles. The Bertz CT molecular complexity index is 702. The molecule has 0 bridgehead atoms. The molecule has 0 atom stereocenters. The first kappa shape index (κ1) is 18.9. The predicted molar refractivity (Wildman–Crippen MR) is 104 cm³/mol. The third-order valence-corrected chi connectivity index (χ3v) is 3.90. The second-order valence-electron chi connectivity index (χ2n) is 7.47. The fourth-order valence-corrected chi connectivity index (χ4v) is 2.34. The van der Waals surface area contributed by atoms with Crippen LogP contribution in [0.5, 0.6) is 0 Å². The molecule has 134 valence electrons. The highest BCUT2D eigenvalue weighted by Crippen LogP contribution is 2.23. The monoisotopic (exact) mass is 340 g/mol. The van der Waals surface area contributed by atoms with Crippen LogP contribution < -0.4 is 10.6 Å². The van der Waals surface area contributed by atoms with Crippen molar-refractivity contribution in [3.8, 4) is 0 Å². The highest BCUT2D eigenvalue weighted by Gasteiger charge is 2.13. The highest BCUT2D eigenvalue weighted by molar-refractivity contribution is 6.04. The summed E-state index contributed by atoms with van der Waals surface area (Å²) in [6, 6.07) is 9.79. The van der Waals surface area contributed by atoms with Crippen LogP contribution >= 0.6 is 0 Å². The van der Waals surface area contributed by atoms with E-state index in [0.717, 1.165) is 24.5 Å². The third kappa shape index (κ3) is 5.87. The summed E-state index contributed by atoms with van der Waals surface area (Å²) < 4.78 is 0. The van der Waals surface area contributed by atoms with Gasteiger partial charge in [-0.2, -0.15) is 0 Å². The van der Waals surface area contributed by atoms with Gasteiger partial charge in [0.05, 0.1) is 11.3 Å². The van der Waals surface area contributed by atoms with Gasteiger partial charge in [-0.3, -0.25) is 9.78 Å². The third-order valence-electron chi connectivity index (χ3n) is 3.90. The number of hydrogen-bond donors (Lipinski definition) is 2. The normalized spacial score (nSPS) is 11.4. The van der Waals surface area contributed by atoms with Crippen molar-refractivity contribution in [2.75, 3.05) is 37.8 Å². The Morgan fingerprint density at radius 1 is 1.08 bits per heavy atom. The predicted octanol–water partition coefficient (Wildman–Crippen LogP) is 3.60. The zero-order chi connectivity index (χ0) is 18.4. The van der Waals surface area contributed by atoms with Crippen LogP contribution in [0.25, 0.3) is 0 Å². The number of anilines is 2. The van der Waals surface area contributed by atoms with E-state index in [1.54, 1.807) is 12.4 Å². The molecule has 0 aliphatic rings. The molecule has 25 heavy (non-hydrogen) atoms. The van der Waals surface area contributed by atoms with E-state index >= 15 is 0 Å². The van der Waals surface area contributed by atoms with Gasteiger partial charge in [0.25, 0.3) is 5.91 Å². The molecule has 0 radical (unpaired) electrons. The molecule has 2 rings (SSSR count). The summed E-state index contributed by atoms with van der Waals surface area (Å²) in [5, 5.41) is 6.20. The molecule has 0 fully saturated rings. The fourth-order valence-electron chi connectivity index (χ4n) is 2.34. The molecule has 0 spiro atoms. The Balaban J connectivity index is 2.00. The number of carbonyl (C=O) groups excluding carboxylic acids is 1. The molecule has 1 aromatic heterocycles. The minimum Gasteiger partial charge on any atom is -0.382 e. The largest absolute Gasteiger partial charge is 0.382 e. The van der Waals surface area contributed by atoms with Crippen LogP contribution in [0, 0.1) is 0 Å². The number of hydrogen-bond acceptors (Lipinski definition) is 4. The number of benzene rings is 1. The Labute approximate surface area is 150 Å². The topological polar surface area (TPSA) is 57.3 Å². The van der Waals surface area contributed by atoms with E-state index in [0.29, 0.717) is 5.56 Å². The van der Waals surface area contributed by atoms with Crippen molar-refractivity contribution in [3.05, 3.63) is 53.9 Å². The Morgan fingerprint density at radius 2 is 1.76 bits per heavy atom. The zero-order valence-electron chi connectivity index (χ0n) is 15.8. The van der Waals surface area contributed by atoms with Gasteiger partial charge in [-0.05, 0) is 43.3 Å². The van der Waals surface area contributed by atoms with E-state index < -0.39 is 0 Å². The highest BCUT2D eigenvalue weighted by atomic mass is 16.1. The smallest absolute Gasteiger partial charge is 0.257 e. The molecule has 5 nitrogen and oxygen atoms in total. The number of carbonyl (C=O) groups is 1. The Morgan fingerprint density at radius 3 is 2.36 bits per heavy atom. The van der Waals surface area contributed by atoms with E-state index in [4.69, 9.17) is 0 Å². The average Bonchev–Trinajstić information content (AvgIpc) is 2.54. The molecule has 0 aliphatic carbocycles. The van der Waals surface area contributed by atoms with Gasteiger partial charge in [-0.25, -0.2) is 0 Å². The summed E-state index contributed by atoms with van der Waals surface area (Å²) >= 11 is 0. The van der Waals surface area contributed by atoms with E-state index in [1.807, 2.05) is 44.4 Å². The van der Waals surface area contributed by atoms with Gasteiger partial charge in [0.15, 0.2) is 0 Å². The average molecular weight is 340 g/mol. The molecule has 5 heteroatoms. The molecule has 1 heterocycles. The first-order valence-corrected chi connectivity index (χ1v) is 8.51. The summed E-state index contributed by atoms with van der Waals surface area (Å²) in [6.45, 7) is 8.22. The fraction of sp³-hybridized carbons (Fsp3) is 0.400. The van der Waals surface area contributed by atoms with Gasteiger partial charge in [-0.15, -0.1) is 0 Å². The van der Waals surface area contributed by atoms with Crippen LogP contribution in [0.15, 0.2) is 42.7 Å². The van der Waals surface area contributed by atoms with Gasteiger partial charge in [-0.1, -0.05) is 32.9 Å². The minimum atomic E-state index is -0.160. The van der Waals surface area contributed by atoms with Crippen LogP contribution in [-0.4, -0.2) is 43.0 Å². The number of rotatable bonds is 6. The number of nitrogens with zero attached hydrogens (tertiary/aromatic N) is 2. The number of pyridine rings is 1. The summed E-state index contributed by atoms with van der Waals surface area (Å²) in [7, 11) is 4.05. The minimum absolute atomic E-state index is 0.0962. The molecule has 2 N–H and O–H groups in total. The zero-order valence-corrected chi connectivity index (χ0v) is 15.8. The van der Waals surface area contributed by atoms with E-state index in [1.165, 1.54) is 5.56 Å². The van der Waals surface area contributed by atoms with Crippen molar-refractivity contribution in [3.63, 3.8) is 0 Å². The van der Waals surface area contributed by atoms with Crippen LogP contribution in [0.4, 0.5) is 11.4 Å². The Hall–Kier alpha value is -2.40. The number of likely N-dealkylation sites (N-methyl/N-ethyl adjacent to an activating group) is 1. The van der Waals surface area contributed by atoms with Crippen molar-refractivity contribution in [1.82, 2.24) is 9.88 Å². The second kappa shape index (κ2) is 8.12. The van der Waals surface area contributed by atoms with Crippen molar-refractivity contribution >= 4 is 17.3 Å². The molecule has 0 saturated carbocycles. The van der Waals surface area contributed by atoms with Crippen LogP contribution in [0.3, 0.4) is 0 Å². The van der Waals surface area contributed by atoms with Gasteiger partial charge in [0.1, 0.15) is 0 Å². The van der Waals surface area contributed by atoms with E-state index in [9.17, 15) is 4.79 Å². The molecule has 1 aromatic carbocycles. The molecule has 1 amide bonds. The maximum atomic E-state index is 12.4. The van der Waals surface area contributed by atoms with E-state index in [-0.39, 0.29) is 11.3 Å². The van der Waals surface area contributed by atoms with Gasteiger partial charge >= 0.3 is 0 Å². The Kier molecular flexibility index (Phi) is 6.15. The lowest BCUT2D eigenvalue weighted by Gasteiger charge is -2.19. The number of aromatic nitrogens is 1. The van der Waals surface area contributed by atoms with Crippen LogP contribution in [-0.2, 0) is 5.41 Å². The summed E-state index contributed by atoms with van der Waals surface area (Å²) in [5.74, 6) is -0.160. The van der Waals surface area contributed by atoms with Crippen molar-refractivity contribution in [1.29, 1.82) is 0 Å². The first-order valence-electron chi connectivity index (χ1n) is 8.51. The summed E-state index contributed by atoms with van der Waals surface area (Å²) in [5.41, 5.74) is 3.49. The molecular formula is C20H28N4O. The standard InChI is InChI=1S/C20H28N4O/c1-20(2,3)16-6-8-17(9-7-16)23-19(25)15-12-18(14-21-13-15)22-10-11-24(4)5/h6-9,12-14,22H,10-11H2,1-5H3,(H,23,25). The van der Waals surface area contributed by atoms with Crippen LogP contribution in [0.2, 0.25) is 0 Å². The quantitative estimate of drug-likeness (QED) is 0.843. The van der Waals surface area contributed by atoms with Gasteiger partial charge in [0.2, 0.25) is 0 Å². The number of amides is 1. The lowest BCUT2D eigenvalue weighted by molar-refractivity contribution is 0.102.